The molecule has 21 nitrogen and oxygen atoms in total. The number of nitrogen functional groups attached to an aromatic ring is 1. The molecule has 8 heterocycles. The van der Waals surface area contributed by atoms with Gasteiger partial charge in [0, 0.05) is 107 Å². The van der Waals surface area contributed by atoms with Gasteiger partial charge in [0.15, 0.2) is 11.6 Å². The summed E-state index contributed by atoms with van der Waals surface area (Å²) in [6.45, 7) is 10.1. The maximum absolute atomic E-state index is 14.4. The number of piperazine rings is 1. The number of likely N-dealkylation sites (tertiary alicyclic amines) is 2. The van der Waals surface area contributed by atoms with Gasteiger partial charge in [-0.25, -0.2) is 9.97 Å². The monoisotopic (exact) mass is 1140 g/mol. The fraction of sp³-hybridized carbons (Fsp3) is 0.500. The Balaban J connectivity index is 0.613. The average molecular weight is 1140 g/mol. The van der Waals surface area contributed by atoms with E-state index in [-0.39, 0.29) is 73.2 Å². The molecule has 6 aromatic rings. The summed E-state index contributed by atoms with van der Waals surface area (Å²) in [5.41, 5.74) is 14.1. The van der Waals surface area contributed by atoms with Crippen LogP contribution in [0, 0.1) is 12.8 Å². The summed E-state index contributed by atoms with van der Waals surface area (Å²) in [5, 5.41) is 46.5. The van der Waals surface area contributed by atoms with Crippen LogP contribution in [0.1, 0.15) is 107 Å². The number of anilines is 3. The lowest BCUT2D eigenvalue weighted by Gasteiger charge is -2.43. The Hall–Kier alpha value is -7.40. The molecule has 2 bridgehead atoms. The predicted molar refractivity (Wildman–Crippen MR) is 308 cm³/mol. The number of para-hydroxylation sites is 1. The number of carbonyl (C=O) groups is 3. The van der Waals surface area contributed by atoms with E-state index in [4.69, 9.17) is 24.5 Å². The number of nitrogens with two attached hydrogens (primary N) is 1. The number of aryl methyl sites for hydroxylation is 1. The van der Waals surface area contributed by atoms with E-state index in [1.54, 1.807) is 35.0 Å². The normalized spacial score (nSPS) is 22.7. The van der Waals surface area contributed by atoms with Crippen LogP contribution in [-0.2, 0) is 19.1 Å². The molecular weight excluding hydrogens is 1070 g/mol. The van der Waals surface area contributed by atoms with E-state index in [0.29, 0.717) is 54.7 Å². The van der Waals surface area contributed by atoms with Gasteiger partial charge in [0.1, 0.15) is 30.4 Å². The highest BCUT2D eigenvalue weighted by Gasteiger charge is 2.45. The number of aliphatic hydroxyl groups excluding tert-OH is 1. The summed E-state index contributed by atoms with van der Waals surface area (Å²) in [5.74, 6) is -0.996. The number of aromatic nitrogens is 5. The molecule has 11 rings (SSSR count). The minimum Gasteiger partial charge on any atom is -0.507 e. The second kappa shape index (κ2) is 25.0. The fourth-order valence-electron chi connectivity index (χ4n) is 12.5. The molecule has 4 aromatic heterocycles. The number of amides is 2. The molecule has 4 aliphatic heterocycles. The van der Waals surface area contributed by atoms with Gasteiger partial charge in [-0.05, 0) is 91.9 Å². The maximum atomic E-state index is 14.4. The first-order valence-corrected chi connectivity index (χ1v) is 29.6. The van der Waals surface area contributed by atoms with Crippen molar-refractivity contribution in [3.63, 3.8) is 0 Å². The maximum Gasteiger partial charge on any atom is 0.303 e. The van der Waals surface area contributed by atoms with Crippen molar-refractivity contribution >= 4 is 46.3 Å². The van der Waals surface area contributed by atoms with E-state index in [9.17, 15) is 29.7 Å². The number of benzene rings is 2. The number of phenols is 1. The average Bonchev–Trinajstić information content (AvgIpc) is 4.41. The van der Waals surface area contributed by atoms with Gasteiger partial charge < -0.3 is 59.8 Å². The third-order valence-corrected chi connectivity index (χ3v) is 17.8. The predicted octanol–water partition coefficient (Wildman–Crippen LogP) is 7.39. The zero-order valence-corrected chi connectivity index (χ0v) is 47.4. The topological polar surface area (TPSA) is 268 Å². The fourth-order valence-corrected chi connectivity index (χ4v) is 13.3. The number of nitrogens with one attached hydrogen (secondary N) is 1. The number of aliphatic carboxylic acids is 1. The van der Waals surface area contributed by atoms with Crippen molar-refractivity contribution < 1.29 is 48.4 Å². The van der Waals surface area contributed by atoms with Crippen molar-refractivity contribution in [3.8, 4) is 39.2 Å². The summed E-state index contributed by atoms with van der Waals surface area (Å²) in [6.07, 6.45) is 7.55. The van der Waals surface area contributed by atoms with Crippen molar-refractivity contribution in [2.45, 2.75) is 139 Å². The molecule has 1 aliphatic carbocycles. The molecule has 0 radical (unpaired) electrons. The van der Waals surface area contributed by atoms with E-state index < -0.39 is 36.0 Å². The van der Waals surface area contributed by atoms with Crippen LogP contribution in [0.2, 0.25) is 0 Å². The smallest absolute Gasteiger partial charge is 0.303 e. The van der Waals surface area contributed by atoms with Crippen LogP contribution in [0.5, 0.6) is 17.5 Å². The molecule has 2 aromatic carbocycles. The third-order valence-electron chi connectivity index (χ3n) is 16.9. The Labute approximate surface area is 480 Å². The highest BCUT2D eigenvalue weighted by molar-refractivity contribution is 7.13. The van der Waals surface area contributed by atoms with Crippen molar-refractivity contribution in [3.05, 3.63) is 102 Å². The van der Waals surface area contributed by atoms with E-state index in [1.807, 2.05) is 69.4 Å². The molecule has 22 heteroatoms. The second-order valence-corrected chi connectivity index (χ2v) is 23.7. The van der Waals surface area contributed by atoms with Crippen LogP contribution in [0.25, 0.3) is 21.7 Å². The minimum atomic E-state index is -0.950. The molecule has 0 spiro atoms. The number of aromatic hydroxyl groups is 1. The van der Waals surface area contributed by atoms with Crippen LogP contribution in [0.4, 0.5) is 17.2 Å². The molecule has 2 amide bonds. The highest BCUT2D eigenvalue weighted by atomic mass is 32.1. The summed E-state index contributed by atoms with van der Waals surface area (Å²) in [7, 11) is 0. The zero-order chi connectivity index (χ0) is 57.0. The van der Waals surface area contributed by atoms with Gasteiger partial charge in [-0.3, -0.25) is 19.3 Å². The lowest BCUT2D eigenvalue weighted by atomic mass is 9.91. The van der Waals surface area contributed by atoms with Crippen molar-refractivity contribution in [2.24, 2.45) is 5.92 Å². The Kier molecular flexibility index (Phi) is 17.2. The van der Waals surface area contributed by atoms with Crippen LogP contribution in [-0.4, -0.2) is 157 Å². The number of thiazole rings is 1. The number of carboxylic acids is 1. The number of hydrogen-bond acceptors (Lipinski definition) is 19. The van der Waals surface area contributed by atoms with Gasteiger partial charge in [-0.2, -0.15) is 0 Å². The largest absolute Gasteiger partial charge is 0.507 e. The third kappa shape index (κ3) is 12.8. The first-order chi connectivity index (χ1) is 39.7. The molecule has 4 saturated heterocycles. The van der Waals surface area contributed by atoms with E-state index >= 15 is 0 Å². The van der Waals surface area contributed by atoms with E-state index in [0.717, 1.165) is 97.8 Å². The number of ether oxygens (including phenoxy) is 3. The van der Waals surface area contributed by atoms with Gasteiger partial charge >= 0.3 is 5.97 Å². The number of piperidine rings is 1. The van der Waals surface area contributed by atoms with Gasteiger partial charge in [-0.1, -0.05) is 50.2 Å². The molecule has 6 atom stereocenters. The zero-order valence-electron chi connectivity index (χ0n) is 46.6. The lowest BCUT2D eigenvalue weighted by molar-refractivity contribution is -0.141. The van der Waals surface area contributed by atoms with Gasteiger partial charge in [0.25, 0.3) is 5.88 Å². The summed E-state index contributed by atoms with van der Waals surface area (Å²) in [6, 6.07) is 21.7. The Bertz CT molecular complexity index is 3170. The number of phenolic OH excluding ortho intramolecular Hbond substituents is 1. The second-order valence-electron chi connectivity index (χ2n) is 22.8. The molecular formula is C60H73N11O10S. The van der Waals surface area contributed by atoms with Crippen molar-refractivity contribution in [2.75, 3.05) is 61.4 Å². The van der Waals surface area contributed by atoms with Crippen LogP contribution < -0.4 is 30.3 Å². The quantitative estimate of drug-likeness (QED) is 0.0443. The lowest BCUT2D eigenvalue weighted by Crippen LogP contribution is -2.54. The first kappa shape index (κ1) is 56.5. The number of carbonyl (C=O) groups excluding carboxylic acids is 2. The minimum absolute atomic E-state index is 0.0213. The number of aliphatic hydroxyl groups is 1. The van der Waals surface area contributed by atoms with Gasteiger partial charge in [0.2, 0.25) is 17.7 Å². The summed E-state index contributed by atoms with van der Waals surface area (Å²) < 4.78 is 24.8. The molecule has 6 N–H and O–H groups in total. The molecule has 2 unspecified atom stereocenters. The van der Waals surface area contributed by atoms with Gasteiger partial charge in [-0.15, -0.1) is 21.5 Å². The Morgan fingerprint density at radius 1 is 0.890 bits per heavy atom. The van der Waals surface area contributed by atoms with Gasteiger partial charge in [0.05, 0.1) is 51.8 Å². The standard InChI is InChI=1S/C60H73N11O10S/c1-35(2)56(60(77)70-33-42(72)26-50(70)59(76)64-47(8-6-10-55(74)75)37-11-13-38(14-12-37)57-36(3)63-34-82-57)52-30-54(67-81-52)78-24-23-68-21-18-43(19-22-68)79-44-27-45(28-44)80-53-25-39(17-20-62-53)71-40-15-16-41(71)32-69(31-40)49-29-48(65-66-58(49)61)46-7-4-5-9-51(46)73/h4-5,7,9,11-14,17,20,25,29-30,34-35,40-45,47,50,56,72-73H,6,8,10,15-16,18-19,21-24,26-28,31-33H2,1-3H3,(H2,61,66)(H,64,76)(H,74,75)/t40-,41?,42-,44?,45?,47+,50+,56?/m1/s1. The molecule has 1 saturated carbocycles. The number of rotatable bonds is 22. The number of fused-ring (bicyclic) bond motifs is 2. The Morgan fingerprint density at radius 3 is 2.38 bits per heavy atom. The summed E-state index contributed by atoms with van der Waals surface area (Å²) >= 11 is 1.54. The van der Waals surface area contributed by atoms with E-state index in [1.165, 1.54) is 4.90 Å². The van der Waals surface area contributed by atoms with Crippen LogP contribution in [0.15, 0.2) is 89.0 Å². The molecule has 5 fully saturated rings. The molecule has 434 valence electrons. The highest BCUT2D eigenvalue weighted by Crippen LogP contribution is 2.41. The number of β-amino-alcohol motifs (C(OH)–C–C–N with tert-alkyl or cyclic N) is 1. The van der Waals surface area contributed by atoms with E-state index in [2.05, 4.69) is 57.5 Å². The van der Waals surface area contributed by atoms with Crippen LogP contribution in [0.3, 0.4) is 0 Å². The molecule has 82 heavy (non-hydrogen) atoms. The number of carboxylic acid groups (broad SMARTS) is 1. The van der Waals surface area contributed by atoms with Crippen molar-refractivity contribution in [1.29, 1.82) is 0 Å². The SMILES string of the molecule is Cc1ncsc1-c1ccc([C@H](CCCC(=O)O)NC(=O)[C@@H]2C[C@@H](O)CN2C(=O)C(c2cc(OCCN3CCC(OC4CC(Oc5cc(N6C7CC[C@@H]6CN(c6cc(-c8ccccc8O)nnc6N)C7)ccn5)C4)CC3)no2)C(C)C)cc1. The Morgan fingerprint density at radius 2 is 1.66 bits per heavy atom. The number of nitrogens with zero attached hydrogens (tertiary/aromatic N) is 9. The first-order valence-electron chi connectivity index (χ1n) is 28.8. The number of hydrogen-bond donors (Lipinski definition) is 5. The van der Waals surface area contributed by atoms with Crippen molar-refractivity contribution in [1.82, 2.24) is 40.4 Å². The molecule has 5 aliphatic rings. The number of pyridine rings is 1. The van der Waals surface area contributed by atoms with Crippen LogP contribution >= 0.6 is 11.3 Å². The summed E-state index contributed by atoms with van der Waals surface area (Å²) in [4.78, 5) is 58.6.